The third-order valence-electron chi connectivity index (χ3n) is 4.43. The Morgan fingerprint density at radius 2 is 1.76 bits per heavy atom. The molecule has 10 heteroatoms. The summed E-state index contributed by atoms with van der Waals surface area (Å²) in [7, 11) is 0. The molecule has 1 aliphatic rings. The Hall–Kier alpha value is -3.85. The number of amides is 2. The van der Waals surface area contributed by atoms with Crippen LogP contribution in [0.25, 0.3) is 11.4 Å². The summed E-state index contributed by atoms with van der Waals surface area (Å²) in [6.45, 7) is 0. The minimum Gasteiger partial charge on any atom is -0.364 e. The first kappa shape index (κ1) is 18.5. The lowest BCUT2D eigenvalue weighted by atomic mass is 10.1. The highest BCUT2D eigenvalue weighted by atomic mass is 35.5. The summed E-state index contributed by atoms with van der Waals surface area (Å²) in [4.78, 5) is 45.0. The van der Waals surface area contributed by atoms with Gasteiger partial charge in [-0.25, -0.2) is 9.97 Å². The lowest BCUT2D eigenvalue weighted by Gasteiger charge is -2.17. The normalized spacial score (nSPS) is 12.7. The van der Waals surface area contributed by atoms with Crippen LogP contribution in [0.2, 0.25) is 5.02 Å². The fourth-order valence-electron chi connectivity index (χ4n) is 3.09. The predicted molar refractivity (Wildman–Crippen MR) is 105 cm³/mol. The zero-order valence-electron chi connectivity index (χ0n) is 14.7. The van der Waals surface area contributed by atoms with Gasteiger partial charge in [0, 0.05) is 28.3 Å². The molecule has 29 heavy (non-hydrogen) atoms. The van der Waals surface area contributed by atoms with Crippen molar-refractivity contribution >= 4 is 40.6 Å². The number of nitro benzene ring substituents is 1. The number of aromatic nitrogens is 2. The molecule has 4 rings (SSSR count). The van der Waals surface area contributed by atoms with Gasteiger partial charge in [-0.3, -0.25) is 24.6 Å². The number of anilines is 2. The van der Waals surface area contributed by atoms with Crippen molar-refractivity contribution in [1.29, 1.82) is 0 Å². The molecule has 0 aliphatic carbocycles. The van der Waals surface area contributed by atoms with Gasteiger partial charge in [0.2, 0.25) is 5.91 Å². The summed E-state index contributed by atoms with van der Waals surface area (Å²) in [6, 6.07) is 12.1. The molecule has 0 spiro atoms. The summed E-state index contributed by atoms with van der Waals surface area (Å²) in [6.07, 6.45) is -0.0726. The molecule has 2 amide bonds. The molecule has 0 saturated carbocycles. The van der Waals surface area contributed by atoms with Crippen LogP contribution in [-0.4, -0.2) is 26.7 Å². The number of nitrogens with zero attached hydrogens (tertiary/aromatic N) is 4. The average Bonchev–Trinajstić information content (AvgIpc) is 3.03. The number of halogens is 1. The molecule has 0 unspecified atom stereocenters. The first-order chi connectivity index (χ1) is 13.8. The smallest absolute Gasteiger partial charge is 0.269 e. The quantitative estimate of drug-likeness (QED) is 0.520. The van der Waals surface area contributed by atoms with Crippen molar-refractivity contribution in [2.24, 2.45) is 5.73 Å². The molecule has 144 valence electrons. The minimum atomic E-state index is -0.794. The minimum absolute atomic E-state index is 0.0619. The van der Waals surface area contributed by atoms with E-state index in [1.165, 1.54) is 29.2 Å². The fourth-order valence-corrected chi connectivity index (χ4v) is 3.22. The van der Waals surface area contributed by atoms with Crippen LogP contribution >= 0.6 is 11.6 Å². The number of hydrogen-bond donors (Lipinski definition) is 1. The van der Waals surface area contributed by atoms with Crippen molar-refractivity contribution < 1.29 is 14.5 Å². The van der Waals surface area contributed by atoms with Crippen LogP contribution in [0.15, 0.2) is 48.5 Å². The molecule has 0 fully saturated rings. The molecule has 0 bridgehead atoms. The first-order valence-electron chi connectivity index (χ1n) is 8.39. The lowest BCUT2D eigenvalue weighted by molar-refractivity contribution is -0.384. The molecule has 0 atom stereocenters. The molecule has 9 nitrogen and oxygen atoms in total. The molecule has 0 radical (unpaired) electrons. The SMILES string of the molecule is NC(=O)c1nc(-c2ccc([N+](=O)[O-])cc2)nc2c1CC(=O)N2c1ccc(Cl)cc1. The average molecular weight is 410 g/mol. The number of non-ortho nitro benzene ring substituents is 1. The van der Waals surface area contributed by atoms with Crippen LogP contribution in [0.1, 0.15) is 16.1 Å². The summed E-state index contributed by atoms with van der Waals surface area (Å²) >= 11 is 5.92. The van der Waals surface area contributed by atoms with Gasteiger partial charge in [0.05, 0.1) is 17.0 Å². The maximum atomic E-state index is 12.7. The maximum absolute atomic E-state index is 12.7. The Balaban J connectivity index is 1.87. The van der Waals surface area contributed by atoms with E-state index in [-0.39, 0.29) is 35.4 Å². The summed E-state index contributed by atoms with van der Waals surface area (Å²) < 4.78 is 0. The van der Waals surface area contributed by atoms with Crippen molar-refractivity contribution in [3.05, 3.63) is 74.9 Å². The van der Waals surface area contributed by atoms with Gasteiger partial charge < -0.3 is 5.73 Å². The highest BCUT2D eigenvalue weighted by molar-refractivity contribution is 6.30. The van der Waals surface area contributed by atoms with Gasteiger partial charge in [-0.15, -0.1) is 0 Å². The van der Waals surface area contributed by atoms with E-state index >= 15 is 0 Å². The Kier molecular flexibility index (Phi) is 4.44. The van der Waals surface area contributed by atoms with Gasteiger partial charge in [-0.05, 0) is 36.4 Å². The van der Waals surface area contributed by atoms with Crippen LogP contribution in [0, 0.1) is 10.1 Å². The lowest BCUT2D eigenvalue weighted by Crippen LogP contribution is -2.21. The standard InChI is InChI=1S/C19H12ClN5O4/c20-11-3-7-12(8-4-11)24-15(26)9-14-16(17(21)27)22-18(23-19(14)24)10-1-5-13(6-2-10)25(28)29/h1-8H,9H2,(H2,21,27). The molecule has 2 aromatic carbocycles. The van der Waals surface area contributed by atoms with Gasteiger partial charge in [0.15, 0.2) is 5.82 Å². The summed E-state index contributed by atoms with van der Waals surface area (Å²) in [5, 5.41) is 11.4. The third kappa shape index (κ3) is 3.27. The van der Waals surface area contributed by atoms with Gasteiger partial charge in [-0.2, -0.15) is 0 Å². The summed E-state index contributed by atoms with van der Waals surface area (Å²) in [5.41, 5.74) is 6.63. The van der Waals surface area contributed by atoms with Gasteiger partial charge >= 0.3 is 0 Å². The van der Waals surface area contributed by atoms with Crippen LogP contribution in [0.3, 0.4) is 0 Å². The maximum Gasteiger partial charge on any atom is 0.269 e. The number of hydrogen-bond acceptors (Lipinski definition) is 6. The highest BCUT2D eigenvalue weighted by Gasteiger charge is 2.35. The van der Waals surface area contributed by atoms with E-state index in [0.29, 0.717) is 21.8 Å². The molecule has 0 saturated heterocycles. The van der Waals surface area contributed by atoms with E-state index < -0.39 is 10.8 Å². The fraction of sp³-hybridized carbons (Fsp3) is 0.0526. The second kappa shape index (κ2) is 6.95. The zero-order valence-corrected chi connectivity index (χ0v) is 15.5. The molecular formula is C19H12ClN5O4. The molecule has 2 heterocycles. The second-order valence-corrected chi connectivity index (χ2v) is 6.68. The molecule has 3 aromatic rings. The van der Waals surface area contributed by atoms with Crippen molar-refractivity contribution in [1.82, 2.24) is 9.97 Å². The van der Waals surface area contributed by atoms with E-state index in [1.807, 2.05) is 0 Å². The number of carbonyl (C=O) groups is 2. The summed E-state index contributed by atoms with van der Waals surface area (Å²) in [5.74, 6) is -0.715. The Bertz CT molecular complexity index is 1160. The molecule has 1 aliphatic heterocycles. The number of primary amides is 1. The number of nitrogens with two attached hydrogens (primary N) is 1. The van der Waals surface area contributed by atoms with Crippen LogP contribution in [0.4, 0.5) is 17.2 Å². The van der Waals surface area contributed by atoms with Gasteiger partial charge in [0.1, 0.15) is 11.5 Å². The molecular weight excluding hydrogens is 398 g/mol. The zero-order chi connectivity index (χ0) is 20.7. The van der Waals surface area contributed by atoms with E-state index in [0.717, 1.165) is 0 Å². The van der Waals surface area contributed by atoms with Crippen LogP contribution < -0.4 is 10.6 Å². The Morgan fingerprint density at radius 3 is 2.34 bits per heavy atom. The van der Waals surface area contributed by atoms with Gasteiger partial charge in [0.25, 0.3) is 11.6 Å². The topological polar surface area (TPSA) is 132 Å². The van der Waals surface area contributed by atoms with Crippen LogP contribution in [-0.2, 0) is 11.2 Å². The van der Waals surface area contributed by atoms with Crippen molar-refractivity contribution in [3.63, 3.8) is 0 Å². The number of benzene rings is 2. The molecule has 1 aromatic heterocycles. The molecule has 2 N–H and O–H groups in total. The number of carbonyl (C=O) groups excluding carboxylic acids is 2. The number of nitro groups is 1. The Labute approximate surface area is 168 Å². The largest absolute Gasteiger partial charge is 0.364 e. The van der Waals surface area contributed by atoms with Crippen molar-refractivity contribution in [2.45, 2.75) is 6.42 Å². The monoisotopic (exact) mass is 409 g/mol. The third-order valence-corrected chi connectivity index (χ3v) is 4.68. The Morgan fingerprint density at radius 1 is 1.10 bits per heavy atom. The van der Waals surface area contributed by atoms with Crippen LogP contribution in [0.5, 0.6) is 0 Å². The number of rotatable bonds is 4. The van der Waals surface area contributed by atoms with E-state index in [9.17, 15) is 19.7 Å². The van der Waals surface area contributed by atoms with Crippen molar-refractivity contribution in [3.8, 4) is 11.4 Å². The van der Waals surface area contributed by atoms with E-state index in [4.69, 9.17) is 17.3 Å². The van der Waals surface area contributed by atoms with E-state index in [2.05, 4.69) is 9.97 Å². The predicted octanol–water partition coefficient (Wildman–Crippen LogP) is 3.02. The van der Waals surface area contributed by atoms with Crippen molar-refractivity contribution in [2.75, 3.05) is 4.90 Å². The van der Waals surface area contributed by atoms with Gasteiger partial charge in [-0.1, -0.05) is 11.6 Å². The highest BCUT2D eigenvalue weighted by Crippen LogP contribution is 2.37. The second-order valence-electron chi connectivity index (χ2n) is 6.25. The number of fused-ring (bicyclic) bond motifs is 1. The first-order valence-corrected chi connectivity index (χ1v) is 8.77. The van der Waals surface area contributed by atoms with E-state index in [1.54, 1.807) is 24.3 Å².